The number of nitrogens with zero attached hydrogens (tertiary/aromatic N) is 5. The van der Waals surface area contributed by atoms with Gasteiger partial charge in [0, 0.05) is 43.7 Å². The van der Waals surface area contributed by atoms with Crippen LogP contribution in [0.15, 0.2) is 18.5 Å². The number of methoxy groups -OCH3 is 1. The van der Waals surface area contributed by atoms with Gasteiger partial charge in [0.1, 0.15) is 11.6 Å². The summed E-state index contributed by atoms with van der Waals surface area (Å²) in [4.78, 5) is 17.6. The van der Waals surface area contributed by atoms with E-state index in [0.29, 0.717) is 19.0 Å². The Kier molecular flexibility index (Phi) is 5.03. The molecule has 0 amide bonds. The van der Waals surface area contributed by atoms with E-state index in [0.717, 1.165) is 41.4 Å². The third-order valence-electron chi connectivity index (χ3n) is 4.59. The molecule has 1 saturated heterocycles. The first-order valence-electron chi connectivity index (χ1n) is 8.46. The predicted octanol–water partition coefficient (Wildman–Crippen LogP) is 1.70. The van der Waals surface area contributed by atoms with Gasteiger partial charge in [0.05, 0.1) is 25.5 Å². The molecule has 0 spiro atoms. The smallest absolute Gasteiger partial charge is 0.227 e. The average molecular weight is 343 g/mol. The lowest BCUT2D eigenvalue weighted by molar-refractivity contribution is 0.198. The number of anilines is 2. The minimum absolute atomic E-state index is 0.275. The summed E-state index contributed by atoms with van der Waals surface area (Å²) in [6.45, 7) is 6.04. The molecule has 1 fully saturated rings. The van der Waals surface area contributed by atoms with Gasteiger partial charge in [-0.1, -0.05) is 0 Å². The lowest BCUT2D eigenvalue weighted by atomic mass is 10.1. The van der Waals surface area contributed by atoms with E-state index < -0.39 is 0 Å². The first-order valence-corrected chi connectivity index (χ1v) is 8.46. The van der Waals surface area contributed by atoms with Crippen molar-refractivity contribution in [1.82, 2.24) is 15.0 Å². The van der Waals surface area contributed by atoms with Crippen LogP contribution in [0.5, 0.6) is 5.75 Å². The number of aromatic nitrogens is 3. The lowest BCUT2D eigenvalue weighted by Gasteiger charge is -2.22. The van der Waals surface area contributed by atoms with E-state index >= 15 is 0 Å². The molecule has 1 atom stereocenters. The highest BCUT2D eigenvalue weighted by atomic mass is 16.5. The van der Waals surface area contributed by atoms with Crippen LogP contribution in [-0.4, -0.2) is 53.4 Å². The molecule has 25 heavy (non-hydrogen) atoms. The molecule has 0 bridgehead atoms. The van der Waals surface area contributed by atoms with Crippen LogP contribution in [0, 0.1) is 13.8 Å². The predicted molar refractivity (Wildman–Crippen MR) is 97.2 cm³/mol. The van der Waals surface area contributed by atoms with Gasteiger partial charge in [-0.25, -0.2) is 4.98 Å². The van der Waals surface area contributed by atoms with E-state index in [9.17, 15) is 5.11 Å². The number of aryl methyl sites for hydroxylation is 1. The maximum atomic E-state index is 9.72. The summed E-state index contributed by atoms with van der Waals surface area (Å²) in [5.74, 6) is 2.36. The van der Waals surface area contributed by atoms with Gasteiger partial charge in [-0.2, -0.15) is 4.98 Å². The van der Waals surface area contributed by atoms with Crippen molar-refractivity contribution in [3.63, 3.8) is 0 Å². The fourth-order valence-electron chi connectivity index (χ4n) is 3.17. The molecule has 3 heterocycles. The summed E-state index contributed by atoms with van der Waals surface area (Å²) < 4.78 is 5.48. The minimum atomic E-state index is -0.275. The quantitative estimate of drug-likeness (QED) is 0.886. The monoisotopic (exact) mass is 343 g/mol. The summed E-state index contributed by atoms with van der Waals surface area (Å²) in [5, 5.41) is 9.72. The fourth-order valence-corrected chi connectivity index (χ4v) is 3.17. The van der Waals surface area contributed by atoms with Gasteiger partial charge in [0.25, 0.3) is 0 Å². The fraction of sp³-hybridized carbons (Fsp3) is 0.500. The molecule has 7 heteroatoms. The minimum Gasteiger partial charge on any atom is -0.496 e. The van der Waals surface area contributed by atoms with Crippen LogP contribution in [0.1, 0.15) is 23.2 Å². The second-order valence-electron chi connectivity index (χ2n) is 6.51. The summed E-state index contributed by atoms with van der Waals surface area (Å²) in [7, 11) is 3.63. The molecule has 0 radical (unpaired) electrons. The number of aliphatic hydroxyl groups excluding tert-OH is 1. The molecular formula is C18H25N5O2. The SMILES string of the molecule is COc1c(C)cnc(CN(C)c2nccc(N3CC[C@@H](O)C3)n2)c1C. The molecule has 1 aliphatic heterocycles. The van der Waals surface area contributed by atoms with Crippen molar-refractivity contribution in [2.45, 2.75) is 32.9 Å². The van der Waals surface area contributed by atoms with Crippen LogP contribution in [-0.2, 0) is 6.54 Å². The van der Waals surface area contributed by atoms with E-state index in [2.05, 4.69) is 19.9 Å². The van der Waals surface area contributed by atoms with E-state index in [-0.39, 0.29) is 6.10 Å². The summed E-state index contributed by atoms with van der Waals surface area (Å²) in [6, 6.07) is 1.88. The Hall–Kier alpha value is -2.41. The molecule has 0 saturated carbocycles. The van der Waals surface area contributed by atoms with Crippen molar-refractivity contribution in [1.29, 1.82) is 0 Å². The number of ether oxygens (including phenoxy) is 1. The zero-order valence-corrected chi connectivity index (χ0v) is 15.2. The van der Waals surface area contributed by atoms with Crippen molar-refractivity contribution in [2.75, 3.05) is 37.0 Å². The highest BCUT2D eigenvalue weighted by Crippen LogP contribution is 2.25. The van der Waals surface area contributed by atoms with E-state index in [1.165, 1.54) is 0 Å². The molecule has 134 valence electrons. The van der Waals surface area contributed by atoms with Crippen molar-refractivity contribution < 1.29 is 9.84 Å². The zero-order valence-electron chi connectivity index (χ0n) is 15.2. The van der Waals surface area contributed by atoms with E-state index in [1.54, 1.807) is 13.3 Å². The van der Waals surface area contributed by atoms with Gasteiger partial charge < -0.3 is 19.6 Å². The van der Waals surface area contributed by atoms with Gasteiger partial charge >= 0.3 is 0 Å². The standard InChI is InChI=1S/C18H25N5O2/c1-12-9-20-15(13(2)17(12)25-4)11-22(3)18-19-7-5-16(21-18)23-8-6-14(24)10-23/h5,7,9,14,24H,6,8,10-11H2,1-4H3/t14-/m1/s1. The maximum Gasteiger partial charge on any atom is 0.227 e. The Morgan fingerprint density at radius 3 is 2.84 bits per heavy atom. The molecule has 2 aromatic heterocycles. The molecule has 0 aliphatic carbocycles. The zero-order chi connectivity index (χ0) is 18.0. The highest BCUT2D eigenvalue weighted by Gasteiger charge is 2.22. The van der Waals surface area contributed by atoms with Gasteiger partial charge in [0.2, 0.25) is 5.95 Å². The topological polar surface area (TPSA) is 74.6 Å². The van der Waals surface area contributed by atoms with Crippen molar-refractivity contribution >= 4 is 11.8 Å². The first-order chi connectivity index (χ1) is 12.0. The van der Waals surface area contributed by atoms with E-state index in [4.69, 9.17) is 4.74 Å². The molecule has 7 nitrogen and oxygen atoms in total. The molecule has 1 aliphatic rings. The molecular weight excluding hydrogens is 318 g/mol. The normalized spacial score (nSPS) is 17.0. The van der Waals surface area contributed by atoms with Crippen molar-refractivity contribution in [3.05, 3.63) is 35.3 Å². The Labute approximate surface area is 148 Å². The van der Waals surface area contributed by atoms with Crippen LogP contribution in [0.3, 0.4) is 0 Å². The Balaban J connectivity index is 1.79. The molecule has 1 N–H and O–H groups in total. The summed E-state index contributed by atoms with van der Waals surface area (Å²) in [6.07, 6.45) is 4.09. The van der Waals surface area contributed by atoms with Gasteiger partial charge in [-0.05, 0) is 26.3 Å². The van der Waals surface area contributed by atoms with Crippen molar-refractivity contribution in [3.8, 4) is 5.75 Å². The van der Waals surface area contributed by atoms with Gasteiger partial charge in [0.15, 0.2) is 0 Å². The largest absolute Gasteiger partial charge is 0.496 e. The summed E-state index contributed by atoms with van der Waals surface area (Å²) in [5.41, 5.74) is 3.00. The molecule has 3 rings (SSSR count). The van der Waals surface area contributed by atoms with Crippen molar-refractivity contribution in [2.24, 2.45) is 0 Å². The number of hydrogen-bond acceptors (Lipinski definition) is 7. The van der Waals surface area contributed by atoms with Gasteiger partial charge in [-0.15, -0.1) is 0 Å². The molecule has 2 aromatic rings. The maximum absolute atomic E-state index is 9.72. The first kappa shape index (κ1) is 17.4. The number of rotatable bonds is 5. The number of β-amino-alcohol motifs (C(OH)–C–C–N with tert-alkyl or cyclic N) is 1. The Morgan fingerprint density at radius 1 is 1.36 bits per heavy atom. The Morgan fingerprint density at radius 2 is 2.16 bits per heavy atom. The molecule has 0 unspecified atom stereocenters. The average Bonchev–Trinajstić information content (AvgIpc) is 3.04. The van der Waals surface area contributed by atoms with E-state index in [1.807, 2.05) is 38.1 Å². The highest BCUT2D eigenvalue weighted by molar-refractivity contribution is 5.46. The number of hydrogen-bond donors (Lipinski definition) is 1. The lowest BCUT2D eigenvalue weighted by Crippen LogP contribution is -2.25. The summed E-state index contributed by atoms with van der Waals surface area (Å²) >= 11 is 0. The van der Waals surface area contributed by atoms with Crippen LogP contribution in [0.25, 0.3) is 0 Å². The van der Waals surface area contributed by atoms with Crippen LogP contribution in [0.4, 0.5) is 11.8 Å². The Bertz CT molecular complexity index is 752. The second kappa shape index (κ2) is 7.23. The third-order valence-corrected chi connectivity index (χ3v) is 4.59. The number of aliphatic hydroxyl groups is 1. The molecule has 0 aromatic carbocycles. The van der Waals surface area contributed by atoms with Crippen LogP contribution < -0.4 is 14.5 Å². The third kappa shape index (κ3) is 3.66. The second-order valence-corrected chi connectivity index (χ2v) is 6.51. The van der Waals surface area contributed by atoms with Crippen LogP contribution >= 0.6 is 0 Å². The number of pyridine rings is 1. The van der Waals surface area contributed by atoms with Crippen LogP contribution in [0.2, 0.25) is 0 Å². The van der Waals surface area contributed by atoms with Gasteiger partial charge in [-0.3, -0.25) is 4.98 Å².